The van der Waals surface area contributed by atoms with E-state index in [2.05, 4.69) is 28.1 Å². The van der Waals surface area contributed by atoms with Crippen molar-refractivity contribution in [1.29, 1.82) is 0 Å². The Hall–Kier alpha value is -0.870. The molecule has 0 fully saturated rings. The lowest BCUT2D eigenvalue weighted by Gasteiger charge is -2.18. The van der Waals surface area contributed by atoms with Crippen LogP contribution in [0, 0.1) is 0 Å². The fourth-order valence-electron chi connectivity index (χ4n) is 1.50. The topological polar surface area (TPSA) is 46.3 Å². The van der Waals surface area contributed by atoms with Crippen LogP contribution < -0.4 is 5.73 Å². The molecule has 4 heteroatoms. The highest BCUT2D eigenvalue weighted by Crippen LogP contribution is 2.11. The number of carbonyl (C=O) groups excluding carboxylic acids is 1. The lowest BCUT2D eigenvalue weighted by Crippen LogP contribution is -2.33. The van der Waals surface area contributed by atoms with Gasteiger partial charge in [0, 0.05) is 30.5 Å². The van der Waals surface area contributed by atoms with E-state index in [0.29, 0.717) is 6.42 Å². The monoisotopic (exact) mass is 298 g/mol. The van der Waals surface area contributed by atoms with E-state index in [4.69, 9.17) is 5.73 Å². The first-order chi connectivity index (χ1) is 7.99. The summed E-state index contributed by atoms with van der Waals surface area (Å²) in [5.74, 6) is 0.108. The summed E-state index contributed by atoms with van der Waals surface area (Å²) >= 11 is 3.40. The average molecular weight is 299 g/mol. The first kappa shape index (κ1) is 14.2. The van der Waals surface area contributed by atoms with E-state index >= 15 is 0 Å². The molecule has 0 radical (unpaired) electrons. The Labute approximate surface area is 111 Å². The van der Waals surface area contributed by atoms with E-state index in [1.807, 2.05) is 26.1 Å². The summed E-state index contributed by atoms with van der Waals surface area (Å²) in [6.45, 7) is 2.58. The number of rotatable bonds is 5. The zero-order valence-electron chi connectivity index (χ0n) is 10.3. The van der Waals surface area contributed by atoms with Crippen LogP contribution in [0.3, 0.4) is 0 Å². The minimum absolute atomic E-state index is 0.0716. The summed E-state index contributed by atoms with van der Waals surface area (Å²) in [6.07, 6.45) is 1.28. The second-order valence-corrected chi connectivity index (χ2v) is 5.29. The molecule has 0 saturated carbocycles. The van der Waals surface area contributed by atoms with Gasteiger partial charge in [-0.1, -0.05) is 28.1 Å². The fraction of sp³-hybridized carbons (Fsp3) is 0.462. The third-order valence-electron chi connectivity index (χ3n) is 2.57. The molecule has 94 valence electrons. The lowest BCUT2D eigenvalue weighted by molar-refractivity contribution is -0.130. The molecule has 0 saturated heterocycles. The molecule has 0 aliphatic carbocycles. The summed E-state index contributed by atoms with van der Waals surface area (Å²) < 4.78 is 1.07. The van der Waals surface area contributed by atoms with E-state index in [1.165, 1.54) is 5.56 Å². The normalized spacial score (nSPS) is 12.2. The molecule has 1 unspecified atom stereocenters. The van der Waals surface area contributed by atoms with Crippen molar-refractivity contribution in [1.82, 2.24) is 4.90 Å². The van der Waals surface area contributed by atoms with Crippen LogP contribution >= 0.6 is 15.9 Å². The Bertz CT molecular complexity index is 362. The van der Waals surface area contributed by atoms with Crippen molar-refractivity contribution >= 4 is 21.8 Å². The van der Waals surface area contributed by atoms with Gasteiger partial charge in [0.2, 0.25) is 5.91 Å². The highest BCUT2D eigenvalue weighted by Gasteiger charge is 2.10. The zero-order chi connectivity index (χ0) is 12.8. The quantitative estimate of drug-likeness (QED) is 0.906. The molecule has 0 aliphatic heterocycles. The molecule has 0 bridgehead atoms. The van der Waals surface area contributed by atoms with Crippen LogP contribution in [0.4, 0.5) is 0 Å². The summed E-state index contributed by atoms with van der Waals surface area (Å²) in [5.41, 5.74) is 6.83. The maximum atomic E-state index is 11.7. The van der Waals surface area contributed by atoms with Gasteiger partial charge in [0.15, 0.2) is 0 Å². The third kappa shape index (κ3) is 5.33. The third-order valence-corrected chi connectivity index (χ3v) is 3.10. The number of hydrogen-bond donors (Lipinski definition) is 1. The Morgan fingerprint density at radius 1 is 1.41 bits per heavy atom. The van der Waals surface area contributed by atoms with Crippen LogP contribution in [0.1, 0.15) is 18.9 Å². The van der Waals surface area contributed by atoms with Gasteiger partial charge in [-0.15, -0.1) is 0 Å². The molecule has 1 amide bonds. The standard InChI is InChI=1S/C13H19BrN2O/c1-10(15)9-13(17)16(2)8-7-11-3-5-12(14)6-4-11/h3-6,10H,7-9,15H2,1-2H3. The smallest absolute Gasteiger partial charge is 0.223 e. The van der Waals surface area contributed by atoms with Gasteiger partial charge >= 0.3 is 0 Å². The average Bonchev–Trinajstić information content (AvgIpc) is 2.27. The number of nitrogens with zero attached hydrogens (tertiary/aromatic N) is 1. The molecule has 1 atom stereocenters. The number of halogens is 1. The van der Waals surface area contributed by atoms with Gasteiger partial charge in [-0.2, -0.15) is 0 Å². The van der Waals surface area contributed by atoms with Crippen molar-refractivity contribution < 1.29 is 4.79 Å². The summed E-state index contributed by atoms with van der Waals surface area (Å²) in [4.78, 5) is 13.4. The Morgan fingerprint density at radius 2 is 2.00 bits per heavy atom. The predicted octanol–water partition coefficient (Wildman–Crippen LogP) is 2.19. The lowest BCUT2D eigenvalue weighted by atomic mass is 10.1. The minimum atomic E-state index is -0.0716. The van der Waals surface area contributed by atoms with Crippen molar-refractivity contribution in [3.63, 3.8) is 0 Å². The molecular weight excluding hydrogens is 280 g/mol. The second kappa shape index (κ2) is 6.77. The van der Waals surface area contributed by atoms with E-state index in [0.717, 1.165) is 17.4 Å². The second-order valence-electron chi connectivity index (χ2n) is 4.37. The van der Waals surface area contributed by atoms with Gasteiger partial charge in [-0.05, 0) is 31.0 Å². The molecule has 2 N–H and O–H groups in total. The van der Waals surface area contributed by atoms with Crippen LogP contribution in [-0.2, 0) is 11.2 Å². The van der Waals surface area contributed by atoms with E-state index in [1.54, 1.807) is 4.90 Å². The number of nitrogens with two attached hydrogens (primary N) is 1. The molecular formula is C13H19BrN2O. The number of hydrogen-bond acceptors (Lipinski definition) is 2. The molecule has 0 aromatic heterocycles. The molecule has 3 nitrogen and oxygen atoms in total. The molecule has 1 aromatic carbocycles. The first-order valence-electron chi connectivity index (χ1n) is 5.73. The molecule has 1 aromatic rings. The predicted molar refractivity (Wildman–Crippen MR) is 73.7 cm³/mol. The summed E-state index contributed by atoms with van der Waals surface area (Å²) in [7, 11) is 1.82. The van der Waals surface area contributed by atoms with Gasteiger partial charge in [0.1, 0.15) is 0 Å². The molecule has 1 rings (SSSR count). The Balaban J connectivity index is 2.40. The highest BCUT2D eigenvalue weighted by atomic mass is 79.9. The van der Waals surface area contributed by atoms with Crippen molar-refractivity contribution in [2.75, 3.05) is 13.6 Å². The van der Waals surface area contributed by atoms with Crippen LogP contribution in [0.25, 0.3) is 0 Å². The number of likely N-dealkylation sites (N-methyl/N-ethyl adjacent to an activating group) is 1. The van der Waals surface area contributed by atoms with Crippen molar-refractivity contribution in [3.05, 3.63) is 34.3 Å². The number of benzene rings is 1. The van der Waals surface area contributed by atoms with E-state index < -0.39 is 0 Å². The highest BCUT2D eigenvalue weighted by molar-refractivity contribution is 9.10. The largest absolute Gasteiger partial charge is 0.345 e. The van der Waals surface area contributed by atoms with Crippen molar-refractivity contribution in [3.8, 4) is 0 Å². The van der Waals surface area contributed by atoms with Gasteiger partial charge < -0.3 is 10.6 Å². The summed E-state index contributed by atoms with van der Waals surface area (Å²) in [6, 6.07) is 8.08. The number of carbonyl (C=O) groups is 1. The maximum Gasteiger partial charge on any atom is 0.223 e. The van der Waals surface area contributed by atoms with Gasteiger partial charge in [-0.3, -0.25) is 4.79 Å². The van der Waals surface area contributed by atoms with E-state index in [-0.39, 0.29) is 11.9 Å². The first-order valence-corrected chi connectivity index (χ1v) is 6.52. The van der Waals surface area contributed by atoms with Crippen molar-refractivity contribution in [2.45, 2.75) is 25.8 Å². The van der Waals surface area contributed by atoms with Gasteiger partial charge in [-0.25, -0.2) is 0 Å². The van der Waals surface area contributed by atoms with Crippen LogP contribution in [0.2, 0.25) is 0 Å². The van der Waals surface area contributed by atoms with Crippen molar-refractivity contribution in [2.24, 2.45) is 5.73 Å². The van der Waals surface area contributed by atoms with Gasteiger partial charge in [0.25, 0.3) is 0 Å². The molecule has 17 heavy (non-hydrogen) atoms. The Morgan fingerprint density at radius 3 is 2.53 bits per heavy atom. The fourth-order valence-corrected chi connectivity index (χ4v) is 1.77. The Kier molecular flexibility index (Phi) is 5.65. The SMILES string of the molecule is CC(N)CC(=O)N(C)CCc1ccc(Br)cc1. The van der Waals surface area contributed by atoms with Crippen LogP contribution in [0.15, 0.2) is 28.7 Å². The van der Waals surface area contributed by atoms with E-state index in [9.17, 15) is 4.79 Å². The van der Waals surface area contributed by atoms with Crippen LogP contribution in [0.5, 0.6) is 0 Å². The number of amides is 1. The molecule has 0 aliphatic rings. The minimum Gasteiger partial charge on any atom is -0.345 e. The van der Waals surface area contributed by atoms with Crippen LogP contribution in [-0.4, -0.2) is 30.4 Å². The molecule has 0 spiro atoms. The van der Waals surface area contributed by atoms with Gasteiger partial charge in [0.05, 0.1) is 0 Å². The molecule has 0 heterocycles. The zero-order valence-corrected chi connectivity index (χ0v) is 11.9. The summed E-state index contributed by atoms with van der Waals surface area (Å²) in [5, 5.41) is 0. The maximum absolute atomic E-state index is 11.7.